The van der Waals surface area contributed by atoms with Gasteiger partial charge in [0, 0.05) is 16.3 Å². The van der Waals surface area contributed by atoms with Crippen molar-refractivity contribution in [3.05, 3.63) is 157 Å². The van der Waals surface area contributed by atoms with E-state index >= 15 is 0 Å². The second kappa shape index (κ2) is 9.19. The Morgan fingerprint density at radius 1 is 0.319 bits per heavy atom. The van der Waals surface area contributed by atoms with Gasteiger partial charge in [0.05, 0.1) is 35.6 Å². The molecule has 1 aliphatic heterocycles. The van der Waals surface area contributed by atoms with E-state index in [4.69, 9.17) is 21.2 Å². The molecular weight excluding hydrogens is 569 g/mol. The first-order chi connectivity index (χ1) is 34.2. The molecule has 1 aliphatic rings. The van der Waals surface area contributed by atoms with Crippen molar-refractivity contribution in [3.8, 4) is 44.9 Å². The SMILES string of the molecule is [2H]c1c([2H])c2c3c(c([2H])c([2H])c([2H])c3c1[2H])-c1c([2H])c(-c3c([2H])c([2H])c([2H])c4c(-c5c([2H])c([2H])c6c([2H])c([2H])c7c([2H])c([2H])c([2H])c8c([2H])c([2H])c5c6c78)c([2H])c([2H])c([2H])c34)c3c([2H])c([2H])c([2H])c([2H])c3c1O2. The van der Waals surface area contributed by atoms with Crippen molar-refractivity contribution in [1.29, 1.82) is 0 Å². The van der Waals surface area contributed by atoms with Crippen LogP contribution in [0.25, 0.3) is 98.0 Å². The summed E-state index contributed by atoms with van der Waals surface area (Å²) in [5.41, 5.74) is -3.87. The van der Waals surface area contributed by atoms with Crippen LogP contribution in [0.4, 0.5) is 0 Å². The Morgan fingerprint density at radius 3 is 1.62 bits per heavy atom. The summed E-state index contributed by atoms with van der Waals surface area (Å²) in [7, 11) is 0. The fraction of sp³-hybridized carbons (Fsp3) is 0. The lowest BCUT2D eigenvalue weighted by Gasteiger charge is -2.24. The summed E-state index contributed by atoms with van der Waals surface area (Å²) in [6.45, 7) is 0. The van der Waals surface area contributed by atoms with Crippen molar-refractivity contribution in [2.45, 2.75) is 0 Å². The first-order valence-electron chi connectivity index (χ1n) is 27.2. The molecule has 0 aromatic heterocycles. The monoisotopic (exact) mass is 620 g/mol. The first-order valence-corrected chi connectivity index (χ1v) is 14.2. The van der Waals surface area contributed by atoms with E-state index in [1.54, 1.807) is 0 Å². The second-order valence-corrected chi connectivity index (χ2v) is 10.8. The highest BCUT2D eigenvalue weighted by Gasteiger charge is 2.24. The maximum absolute atomic E-state index is 10.1. The largest absolute Gasteiger partial charge is 0.455 e. The van der Waals surface area contributed by atoms with Crippen LogP contribution in [0.3, 0.4) is 0 Å². The van der Waals surface area contributed by atoms with Crippen LogP contribution < -0.4 is 4.74 Å². The zero-order chi connectivity index (χ0) is 53.3. The summed E-state index contributed by atoms with van der Waals surface area (Å²) in [5.74, 6) is -1.16. The van der Waals surface area contributed by atoms with Crippen LogP contribution in [0, 0.1) is 0 Å². The highest BCUT2D eigenvalue weighted by molar-refractivity contribution is 6.26. The highest BCUT2D eigenvalue weighted by atomic mass is 16.5. The molecule has 0 saturated heterocycles. The molecule has 10 aromatic rings. The third-order valence-corrected chi connectivity index (χ3v) is 8.37. The molecule has 216 valence electrons. The van der Waals surface area contributed by atoms with Crippen LogP contribution in [-0.4, -0.2) is 0 Å². The van der Waals surface area contributed by atoms with Crippen LogP contribution >= 0.6 is 0 Å². The van der Waals surface area contributed by atoms with Gasteiger partial charge in [-0.05, 0) is 93.8 Å². The standard InChI is InChI=1S/C46H26O/c1-2-13-39-35(12-1)40(26-41-37-18-4-10-27-11-5-19-42(44(27)37)47-46(39)41)34-17-7-14-31-32(34)15-6-16-33(31)36-24-22-30-21-20-28-8-3-9-29-23-25-38(36)45(30)43(28)29/h1-26H/i1D,2D,3D,4D,5D,6D,7D,8D,9D,10D,11D,12D,13D,14D,15D,16D,17D,18D,19D,20D,21D,22D,23D,24D,25D,26D. The van der Waals surface area contributed by atoms with Crippen molar-refractivity contribution in [2.75, 3.05) is 0 Å². The Bertz CT molecular complexity index is 4380. The van der Waals surface area contributed by atoms with Crippen molar-refractivity contribution in [3.63, 3.8) is 0 Å². The zero-order valence-corrected chi connectivity index (χ0v) is 23.4. The lowest BCUT2D eigenvalue weighted by atomic mass is 9.85. The van der Waals surface area contributed by atoms with Crippen molar-refractivity contribution < 1.29 is 40.4 Å². The molecule has 0 unspecified atom stereocenters. The van der Waals surface area contributed by atoms with Gasteiger partial charge in [0.25, 0.3) is 0 Å². The molecule has 1 heteroatoms. The molecule has 11 rings (SSSR count). The normalized spacial score (nSPS) is 20.2. The van der Waals surface area contributed by atoms with Crippen LogP contribution in [0.2, 0.25) is 0 Å². The summed E-state index contributed by atoms with van der Waals surface area (Å²) in [6.07, 6.45) is 0. The van der Waals surface area contributed by atoms with E-state index in [1.807, 2.05) is 0 Å². The molecule has 0 saturated carbocycles. The van der Waals surface area contributed by atoms with Gasteiger partial charge in [-0.1, -0.05) is 145 Å². The molecule has 10 aromatic carbocycles. The number of ether oxygens (including phenoxy) is 1. The van der Waals surface area contributed by atoms with Crippen LogP contribution in [0.1, 0.15) is 35.6 Å². The van der Waals surface area contributed by atoms with E-state index in [-0.39, 0.29) is 16.2 Å². The molecule has 0 N–H and O–H groups in total. The molecule has 0 spiro atoms. The second-order valence-electron chi connectivity index (χ2n) is 10.8. The van der Waals surface area contributed by atoms with Gasteiger partial charge in [-0.2, -0.15) is 0 Å². The van der Waals surface area contributed by atoms with Gasteiger partial charge in [0.1, 0.15) is 11.5 Å². The first kappa shape index (κ1) is 11.0. The van der Waals surface area contributed by atoms with Crippen molar-refractivity contribution >= 4 is 64.6 Å². The number of hydrogen-bond acceptors (Lipinski definition) is 1. The van der Waals surface area contributed by atoms with E-state index in [0.29, 0.717) is 0 Å². The number of benzene rings is 10. The van der Waals surface area contributed by atoms with E-state index < -0.39 is 250 Å². The topological polar surface area (TPSA) is 9.23 Å². The minimum absolute atomic E-state index is 0.281. The molecule has 0 aliphatic carbocycles. The highest BCUT2D eigenvalue weighted by Crippen LogP contribution is 2.52. The summed E-state index contributed by atoms with van der Waals surface area (Å²) in [5, 5.41) is -5.86. The molecule has 0 radical (unpaired) electrons. The number of hydrogen-bond donors (Lipinski definition) is 0. The third kappa shape index (κ3) is 3.38. The van der Waals surface area contributed by atoms with Gasteiger partial charge in [-0.3, -0.25) is 0 Å². The fourth-order valence-electron chi connectivity index (χ4n) is 6.37. The molecule has 0 atom stereocenters. The lowest BCUT2D eigenvalue weighted by molar-refractivity contribution is 0.493. The van der Waals surface area contributed by atoms with E-state index in [2.05, 4.69) is 0 Å². The summed E-state index contributed by atoms with van der Waals surface area (Å²) >= 11 is 0. The maximum atomic E-state index is 10.1. The summed E-state index contributed by atoms with van der Waals surface area (Å²) in [6, 6.07) is -21.9. The maximum Gasteiger partial charge on any atom is 0.143 e. The average Bonchev–Trinajstić information content (AvgIpc) is 3.35. The fourth-order valence-corrected chi connectivity index (χ4v) is 6.37. The van der Waals surface area contributed by atoms with Gasteiger partial charge in [0.15, 0.2) is 0 Å². The Hall–Kier alpha value is -6.18. The predicted molar refractivity (Wildman–Crippen MR) is 199 cm³/mol. The van der Waals surface area contributed by atoms with Gasteiger partial charge in [-0.15, -0.1) is 0 Å². The van der Waals surface area contributed by atoms with E-state index in [9.17, 15) is 19.2 Å². The van der Waals surface area contributed by atoms with Crippen LogP contribution in [0.5, 0.6) is 11.5 Å². The molecule has 1 nitrogen and oxygen atoms in total. The molecule has 47 heavy (non-hydrogen) atoms. The van der Waals surface area contributed by atoms with Gasteiger partial charge >= 0.3 is 0 Å². The Balaban J connectivity index is 1.42. The summed E-state index contributed by atoms with van der Waals surface area (Å²) < 4.78 is 243. The van der Waals surface area contributed by atoms with Crippen molar-refractivity contribution in [2.24, 2.45) is 0 Å². The van der Waals surface area contributed by atoms with Gasteiger partial charge in [-0.25, -0.2) is 0 Å². The Labute approximate surface area is 307 Å². The molecule has 1 heterocycles. The molecular formula is C46H26O. The molecule has 0 fully saturated rings. The van der Waals surface area contributed by atoms with Gasteiger partial charge < -0.3 is 4.74 Å². The van der Waals surface area contributed by atoms with E-state index in [1.165, 1.54) is 0 Å². The smallest absolute Gasteiger partial charge is 0.143 e. The van der Waals surface area contributed by atoms with E-state index in [0.717, 1.165) is 0 Å². The Kier molecular flexibility index (Phi) is 2.14. The minimum Gasteiger partial charge on any atom is -0.455 e. The quantitative estimate of drug-likeness (QED) is 0.175. The van der Waals surface area contributed by atoms with Gasteiger partial charge in [0.2, 0.25) is 0 Å². The number of fused-ring (bicyclic) bond motifs is 5. The van der Waals surface area contributed by atoms with Crippen molar-refractivity contribution in [1.82, 2.24) is 0 Å². The third-order valence-electron chi connectivity index (χ3n) is 8.37. The lowest BCUT2D eigenvalue weighted by Crippen LogP contribution is -1.99. The molecule has 0 bridgehead atoms. The average molecular weight is 621 g/mol. The summed E-state index contributed by atoms with van der Waals surface area (Å²) in [4.78, 5) is 0. The zero-order valence-electron chi connectivity index (χ0n) is 49.4. The van der Waals surface area contributed by atoms with Crippen LogP contribution in [0.15, 0.2) is 157 Å². The number of rotatable bonds is 2. The van der Waals surface area contributed by atoms with Crippen LogP contribution in [-0.2, 0) is 0 Å². The minimum atomic E-state index is -1.03. The predicted octanol–water partition coefficient (Wildman–Crippen LogP) is 13.2. The molecule has 0 amide bonds. The Morgan fingerprint density at radius 2 is 0.830 bits per heavy atom.